The molecule has 1 heterocycles. The highest BCUT2D eigenvalue weighted by Gasteiger charge is 2.17. The van der Waals surface area contributed by atoms with Crippen LogP contribution in [0.3, 0.4) is 0 Å². The molecule has 19 heavy (non-hydrogen) atoms. The molecular weight excluding hydrogens is 286 g/mol. The molecule has 1 aromatic carbocycles. The summed E-state index contributed by atoms with van der Waals surface area (Å²) in [7, 11) is -3.88. The number of hydrogen-bond acceptors (Lipinski definition) is 4. The Hall–Kier alpha value is -1.59. The van der Waals surface area contributed by atoms with Crippen molar-refractivity contribution in [1.29, 1.82) is 0 Å². The predicted molar refractivity (Wildman–Crippen MR) is 73.0 cm³/mol. The first-order chi connectivity index (χ1) is 8.87. The van der Waals surface area contributed by atoms with Crippen LogP contribution in [0.25, 0.3) is 0 Å². The fourth-order valence-electron chi connectivity index (χ4n) is 1.67. The van der Waals surface area contributed by atoms with E-state index in [1.165, 1.54) is 18.3 Å². The summed E-state index contributed by atoms with van der Waals surface area (Å²) in [6.07, 6.45) is 1.17. The normalized spacial score (nSPS) is 11.3. The van der Waals surface area contributed by atoms with E-state index in [4.69, 9.17) is 15.8 Å². The number of pyridine rings is 1. The van der Waals surface area contributed by atoms with Gasteiger partial charge in [-0.05, 0) is 49.2 Å². The molecule has 0 bridgehead atoms. The Morgan fingerprint density at radius 3 is 2.26 bits per heavy atom. The number of rotatable bonds is 3. The molecule has 0 spiro atoms. The van der Waals surface area contributed by atoms with Gasteiger partial charge in [0.05, 0.1) is 6.20 Å². The highest BCUT2D eigenvalue weighted by molar-refractivity contribution is 7.87. The summed E-state index contributed by atoms with van der Waals surface area (Å²) in [5, 5.41) is 0.227. The van der Waals surface area contributed by atoms with Crippen molar-refractivity contribution in [3.8, 4) is 5.75 Å². The van der Waals surface area contributed by atoms with Crippen LogP contribution in [0.1, 0.15) is 11.1 Å². The van der Waals surface area contributed by atoms with E-state index in [1.807, 2.05) is 19.9 Å². The molecule has 4 nitrogen and oxygen atoms in total. The maximum Gasteiger partial charge on any atom is 0.340 e. The second-order valence-corrected chi connectivity index (χ2v) is 6.11. The first-order valence-electron chi connectivity index (χ1n) is 5.51. The second kappa shape index (κ2) is 5.19. The average molecular weight is 298 g/mol. The lowest BCUT2D eigenvalue weighted by Crippen LogP contribution is -2.10. The zero-order valence-electron chi connectivity index (χ0n) is 10.4. The van der Waals surface area contributed by atoms with Crippen molar-refractivity contribution in [3.63, 3.8) is 0 Å². The summed E-state index contributed by atoms with van der Waals surface area (Å²) in [6.45, 7) is 3.74. The number of halogens is 1. The van der Waals surface area contributed by atoms with E-state index in [0.29, 0.717) is 0 Å². The minimum atomic E-state index is -3.88. The maximum absolute atomic E-state index is 12.0. The monoisotopic (exact) mass is 297 g/mol. The summed E-state index contributed by atoms with van der Waals surface area (Å²) in [5.74, 6) is 0.285. The van der Waals surface area contributed by atoms with Crippen molar-refractivity contribution in [2.75, 3.05) is 0 Å². The van der Waals surface area contributed by atoms with E-state index in [1.54, 1.807) is 12.1 Å². The van der Waals surface area contributed by atoms with Crippen molar-refractivity contribution >= 4 is 21.7 Å². The SMILES string of the molecule is Cc1cc(C)cc(OS(=O)(=O)c2ccc(Cl)nc2)c1. The van der Waals surface area contributed by atoms with Gasteiger partial charge in [-0.1, -0.05) is 17.7 Å². The smallest absolute Gasteiger partial charge is 0.340 e. The fraction of sp³-hybridized carbons (Fsp3) is 0.154. The minimum Gasteiger partial charge on any atom is -0.379 e. The number of aromatic nitrogens is 1. The molecule has 0 N–H and O–H groups in total. The molecular formula is C13H12ClNO3S. The lowest BCUT2D eigenvalue weighted by Gasteiger charge is -2.08. The number of hydrogen-bond donors (Lipinski definition) is 0. The Morgan fingerprint density at radius 2 is 1.74 bits per heavy atom. The molecule has 0 atom stereocenters. The van der Waals surface area contributed by atoms with Gasteiger partial charge in [-0.25, -0.2) is 4.98 Å². The Bertz CT molecular complexity index is 676. The molecule has 0 saturated carbocycles. The molecule has 0 aliphatic heterocycles. The zero-order valence-corrected chi connectivity index (χ0v) is 12.0. The highest BCUT2D eigenvalue weighted by atomic mass is 35.5. The van der Waals surface area contributed by atoms with Gasteiger partial charge >= 0.3 is 10.1 Å². The summed E-state index contributed by atoms with van der Waals surface area (Å²) >= 11 is 5.62. The third kappa shape index (κ3) is 3.45. The Morgan fingerprint density at radius 1 is 1.11 bits per heavy atom. The number of benzene rings is 1. The Labute approximate surface area is 117 Å². The molecule has 0 fully saturated rings. The van der Waals surface area contributed by atoms with E-state index in [2.05, 4.69) is 4.98 Å². The van der Waals surface area contributed by atoms with Crippen molar-refractivity contribution in [2.45, 2.75) is 18.7 Å². The summed E-state index contributed by atoms with van der Waals surface area (Å²) in [4.78, 5) is 3.70. The van der Waals surface area contributed by atoms with Gasteiger partial charge in [0, 0.05) is 0 Å². The number of aryl methyl sites for hydroxylation is 2. The molecule has 1 aromatic heterocycles. The van der Waals surface area contributed by atoms with Gasteiger partial charge in [-0.2, -0.15) is 8.42 Å². The van der Waals surface area contributed by atoms with Crippen molar-refractivity contribution in [3.05, 3.63) is 52.8 Å². The van der Waals surface area contributed by atoms with Crippen molar-refractivity contribution in [1.82, 2.24) is 4.98 Å². The van der Waals surface area contributed by atoms with Crippen molar-refractivity contribution in [2.24, 2.45) is 0 Å². The number of nitrogens with zero attached hydrogens (tertiary/aromatic N) is 1. The molecule has 100 valence electrons. The molecule has 0 saturated heterocycles. The van der Waals surface area contributed by atoms with Gasteiger partial charge in [0.2, 0.25) is 0 Å². The summed E-state index contributed by atoms with van der Waals surface area (Å²) in [6, 6.07) is 8.01. The second-order valence-electron chi connectivity index (χ2n) is 4.18. The molecule has 0 aliphatic rings. The van der Waals surface area contributed by atoms with E-state index in [-0.39, 0.29) is 15.8 Å². The van der Waals surface area contributed by atoms with Crippen LogP contribution in [0, 0.1) is 13.8 Å². The summed E-state index contributed by atoms with van der Waals surface area (Å²) in [5.41, 5.74) is 1.86. The lowest BCUT2D eigenvalue weighted by atomic mass is 10.1. The summed E-state index contributed by atoms with van der Waals surface area (Å²) < 4.78 is 29.1. The van der Waals surface area contributed by atoms with Gasteiger partial charge in [0.25, 0.3) is 0 Å². The standard InChI is InChI=1S/C13H12ClNO3S/c1-9-5-10(2)7-11(6-9)18-19(16,17)12-3-4-13(14)15-8-12/h3-8H,1-2H3. The third-order valence-corrected chi connectivity index (χ3v) is 3.84. The maximum atomic E-state index is 12.0. The lowest BCUT2D eigenvalue weighted by molar-refractivity contribution is 0.485. The van der Waals surface area contributed by atoms with Crippen LogP contribution in [-0.2, 0) is 10.1 Å². The molecule has 0 radical (unpaired) electrons. The minimum absolute atomic E-state index is 0.0314. The quantitative estimate of drug-likeness (QED) is 0.645. The van der Waals surface area contributed by atoms with E-state index < -0.39 is 10.1 Å². The van der Waals surface area contributed by atoms with Gasteiger partial charge < -0.3 is 4.18 Å². The van der Waals surface area contributed by atoms with Gasteiger partial charge in [-0.15, -0.1) is 0 Å². The molecule has 2 rings (SSSR count). The highest BCUT2D eigenvalue weighted by Crippen LogP contribution is 2.21. The molecule has 0 aliphatic carbocycles. The van der Waals surface area contributed by atoms with Gasteiger partial charge in [0.15, 0.2) is 0 Å². The molecule has 0 amide bonds. The average Bonchev–Trinajstić information content (AvgIpc) is 2.27. The van der Waals surface area contributed by atoms with Crippen LogP contribution >= 0.6 is 11.6 Å². The largest absolute Gasteiger partial charge is 0.379 e. The van der Waals surface area contributed by atoms with Crippen LogP contribution in [0.15, 0.2) is 41.4 Å². The zero-order chi connectivity index (χ0) is 14.0. The van der Waals surface area contributed by atoms with Crippen molar-refractivity contribution < 1.29 is 12.6 Å². The predicted octanol–water partition coefficient (Wildman–Crippen LogP) is 3.12. The first-order valence-corrected chi connectivity index (χ1v) is 7.30. The molecule has 2 aromatic rings. The van der Waals surface area contributed by atoms with Crippen LogP contribution in [0.5, 0.6) is 5.75 Å². The molecule has 6 heteroatoms. The van der Waals surface area contributed by atoms with Crippen LogP contribution in [0.2, 0.25) is 5.15 Å². The van der Waals surface area contributed by atoms with Gasteiger partial charge in [0.1, 0.15) is 15.8 Å². The van der Waals surface area contributed by atoms with E-state index in [0.717, 1.165) is 11.1 Å². The Balaban J connectivity index is 2.33. The topological polar surface area (TPSA) is 56.3 Å². The molecule has 0 unspecified atom stereocenters. The van der Waals surface area contributed by atoms with Crippen LogP contribution in [-0.4, -0.2) is 13.4 Å². The third-order valence-electron chi connectivity index (χ3n) is 2.39. The van der Waals surface area contributed by atoms with E-state index >= 15 is 0 Å². The fourth-order valence-corrected chi connectivity index (χ4v) is 2.64. The first kappa shape index (κ1) is 13.8. The van der Waals surface area contributed by atoms with Gasteiger partial charge in [-0.3, -0.25) is 0 Å². The Kier molecular flexibility index (Phi) is 3.78. The van der Waals surface area contributed by atoms with Crippen LogP contribution < -0.4 is 4.18 Å². The van der Waals surface area contributed by atoms with Crippen LogP contribution in [0.4, 0.5) is 0 Å². The van der Waals surface area contributed by atoms with E-state index in [9.17, 15) is 8.42 Å².